The molecule has 0 spiro atoms. The first-order valence-corrected chi connectivity index (χ1v) is 10.8. The highest BCUT2D eigenvalue weighted by Gasteiger charge is 2.27. The smallest absolute Gasteiger partial charge is 0.319 e. The summed E-state index contributed by atoms with van der Waals surface area (Å²) in [4.78, 5) is 27.4. The first-order chi connectivity index (χ1) is 16.2. The Labute approximate surface area is 191 Å². The summed E-state index contributed by atoms with van der Waals surface area (Å²) in [7, 11) is 0. The van der Waals surface area contributed by atoms with Gasteiger partial charge in [-0.1, -0.05) is 66.7 Å². The zero-order valence-corrected chi connectivity index (χ0v) is 17.9. The van der Waals surface area contributed by atoms with Gasteiger partial charge < -0.3 is 20.0 Å². The summed E-state index contributed by atoms with van der Waals surface area (Å²) in [5.41, 5.74) is 4.44. The van der Waals surface area contributed by atoms with Gasteiger partial charge in [0.05, 0.1) is 12.3 Å². The molecule has 5 rings (SSSR count). The number of nitrogens with one attached hydrogen (secondary N) is 2. The first kappa shape index (κ1) is 20.6. The van der Waals surface area contributed by atoms with Crippen LogP contribution in [0.5, 0.6) is 0 Å². The fourth-order valence-corrected chi connectivity index (χ4v) is 4.15. The van der Waals surface area contributed by atoms with E-state index in [1.54, 1.807) is 17.0 Å². The Morgan fingerprint density at radius 1 is 0.848 bits per heavy atom. The van der Waals surface area contributed by atoms with Gasteiger partial charge in [0.2, 0.25) is 0 Å². The summed E-state index contributed by atoms with van der Waals surface area (Å²) >= 11 is 0. The molecule has 33 heavy (non-hydrogen) atoms. The van der Waals surface area contributed by atoms with Gasteiger partial charge in [-0.05, 0) is 47.4 Å². The van der Waals surface area contributed by atoms with Gasteiger partial charge in [0.15, 0.2) is 5.76 Å². The molecule has 0 saturated carbocycles. The van der Waals surface area contributed by atoms with Crippen LogP contribution in [0.15, 0.2) is 102 Å². The molecule has 2 heterocycles. The fraction of sp³-hybridized carbons (Fsp3) is 0.111. The van der Waals surface area contributed by atoms with Crippen LogP contribution >= 0.6 is 0 Å². The van der Waals surface area contributed by atoms with Gasteiger partial charge in [-0.3, -0.25) is 4.79 Å². The van der Waals surface area contributed by atoms with Crippen LogP contribution in [0.4, 0.5) is 16.2 Å². The number of hydrogen-bond donors (Lipinski definition) is 2. The molecule has 3 amide bonds. The van der Waals surface area contributed by atoms with Crippen LogP contribution < -0.4 is 15.5 Å². The maximum atomic E-state index is 13.0. The normalized spacial score (nSPS) is 12.5. The van der Waals surface area contributed by atoms with E-state index in [-0.39, 0.29) is 18.0 Å². The minimum Gasteiger partial charge on any atom is -0.459 e. The number of urea groups is 1. The number of carbonyl (C=O) groups is 2. The molecule has 0 unspecified atom stereocenters. The fourth-order valence-electron chi connectivity index (χ4n) is 4.15. The SMILES string of the molecule is O=C(Nc1ccc2c(c1)N(C(=O)c1ccco1)CC2)NC(c1ccccc1)c1ccccc1. The second-order valence-electron chi connectivity index (χ2n) is 7.88. The number of rotatable bonds is 5. The number of carbonyl (C=O) groups excluding carboxylic acids is 2. The van der Waals surface area contributed by atoms with Crippen molar-refractivity contribution in [2.24, 2.45) is 0 Å². The van der Waals surface area contributed by atoms with Gasteiger partial charge in [0.25, 0.3) is 5.91 Å². The van der Waals surface area contributed by atoms with Crippen molar-refractivity contribution in [2.75, 3.05) is 16.8 Å². The summed E-state index contributed by atoms with van der Waals surface area (Å²) in [6, 6.07) is 28.1. The Bertz CT molecular complexity index is 1220. The Morgan fingerprint density at radius 3 is 2.18 bits per heavy atom. The Kier molecular flexibility index (Phi) is 5.64. The average Bonchev–Trinajstić information content (AvgIpc) is 3.54. The molecular weight excluding hydrogens is 414 g/mol. The highest BCUT2D eigenvalue weighted by molar-refractivity contribution is 6.06. The second-order valence-corrected chi connectivity index (χ2v) is 7.88. The number of fused-ring (bicyclic) bond motifs is 1. The molecule has 0 fully saturated rings. The highest BCUT2D eigenvalue weighted by Crippen LogP contribution is 2.32. The first-order valence-electron chi connectivity index (χ1n) is 10.8. The van der Waals surface area contributed by atoms with E-state index in [4.69, 9.17) is 4.42 Å². The summed E-state index contributed by atoms with van der Waals surface area (Å²) in [6.07, 6.45) is 2.25. The number of furan rings is 1. The molecule has 0 radical (unpaired) electrons. The Hall–Kier alpha value is -4.32. The van der Waals surface area contributed by atoms with Crippen molar-refractivity contribution in [1.29, 1.82) is 0 Å². The molecule has 0 bridgehead atoms. The molecule has 0 aliphatic carbocycles. The van der Waals surface area contributed by atoms with Crippen LogP contribution in [-0.4, -0.2) is 18.5 Å². The monoisotopic (exact) mass is 437 g/mol. The maximum Gasteiger partial charge on any atom is 0.319 e. The van der Waals surface area contributed by atoms with E-state index < -0.39 is 0 Å². The van der Waals surface area contributed by atoms with Crippen LogP contribution in [0.1, 0.15) is 33.3 Å². The van der Waals surface area contributed by atoms with E-state index in [2.05, 4.69) is 10.6 Å². The second kappa shape index (κ2) is 9.04. The molecular formula is C27H23N3O3. The van der Waals surface area contributed by atoms with Crippen LogP contribution in [0.3, 0.4) is 0 Å². The van der Waals surface area contributed by atoms with Crippen molar-refractivity contribution in [2.45, 2.75) is 12.5 Å². The molecule has 0 saturated heterocycles. The number of hydrogen-bond acceptors (Lipinski definition) is 3. The van der Waals surface area contributed by atoms with E-state index in [1.807, 2.05) is 78.9 Å². The standard InChI is InChI=1S/C27H23N3O3/c31-26(24-12-7-17-33-24)30-16-15-19-13-14-22(18-23(19)30)28-27(32)29-25(20-8-3-1-4-9-20)21-10-5-2-6-11-21/h1-14,17-18,25H,15-16H2,(H2,28,29,32). The topological polar surface area (TPSA) is 74.6 Å². The maximum absolute atomic E-state index is 13.0. The zero-order valence-electron chi connectivity index (χ0n) is 17.9. The van der Waals surface area contributed by atoms with Crippen molar-refractivity contribution in [3.63, 3.8) is 0 Å². The van der Waals surface area contributed by atoms with Crippen molar-refractivity contribution in [3.8, 4) is 0 Å². The van der Waals surface area contributed by atoms with Crippen molar-refractivity contribution < 1.29 is 14.0 Å². The quantitative estimate of drug-likeness (QED) is 0.439. The lowest BCUT2D eigenvalue weighted by atomic mass is 9.99. The van der Waals surface area contributed by atoms with E-state index >= 15 is 0 Å². The van der Waals surface area contributed by atoms with Crippen LogP contribution in [0.2, 0.25) is 0 Å². The minimum absolute atomic E-state index is 0.187. The number of benzene rings is 3. The van der Waals surface area contributed by atoms with Gasteiger partial charge in [-0.15, -0.1) is 0 Å². The molecule has 3 aromatic carbocycles. The lowest BCUT2D eigenvalue weighted by Gasteiger charge is -2.21. The van der Waals surface area contributed by atoms with E-state index in [0.717, 1.165) is 28.8 Å². The average molecular weight is 437 g/mol. The van der Waals surface area contributed by atoms with Crippen LogP contribution in [-0.2, 0) is 6.42 Å². The number of amides is 3. The molecule has 164 valence electrons. The van der Waals surface area contributed by atoms with Crippen molar-refractivity contribution in [1.82, 2.24) is 5.32 Å². The minimum atomic E-state index is -0.324. The number of anilines is 2. The summed E-state index contributed by atoms with van der Waals surface area (Å²) in [5.74, 6) is 0.112. The third-order valence-corrected chi connectivity index (χ3v) is 5.76. The third-order valence-electron chi connectivity index (χ3n) is 5.76. The van der Waals surface area contributed by atoms with Gasteiger partial charge >= 0.3 is 6.03 Å². The summed E-state index contributed by atoms with van der Waals surface area (Å²) in [5, 5.41) is 6.00. The molecule has 1 aromatic heterocycles. The summed E-state index contributed by atoms with van der Waals surface area (Å²) < 4.78 is 5.27. The summed E-state index contributed by atoms with van der Waals surface area (Å²) in [6.45, 7) is 0.578. The third kappa shape index (κ3) is 4.36. The number of nitrogens with zero attached hydrogens (tertiary/aromatic N) is 1. The van der Waals surface area contributed by atoms with Crippen LogP contribution in [0.25, 0.3) is 0 Å². The van der Waals surface area contributed by atoms with Crippen LogP contribution in [0, 0.1) is 0 Å². The molecule has 2 N–H and O–H groups in total. The van der Waals surface area contributed by atoms with E-state index in [9.17, 15) is 9.59 Å². The molecule has 0 atom stereocenters. The van der Waals surface area contributed by atoms with Crippen molar-refractivity contribution in [3.05, 3.63) is 120 Å². The predicted octanol–water partition coefficient (Wildman–Crippen LogP) is 5.39. The Balaban J connectivity index is 1.35. The lowest BCUT2D eigenvalue weighted by Crippen LogP contribution is -2.33. The molecule has 1 aliphatic heterocycles. The van der Waals surface area contributed by atoms with E-state index in [0.29, 0.717) is 18.0 Å². The molecule has 6 nitrogen and oxygen atoms in total. The zero-order chi connectivity index (χ0) is 22.6. The van der Waals surface area contributed by atoms with Gasteiger partial charge in [-0.25, -0.2) is 4.79 Å². The van der Waals surface area contributed by atoms with Crippen molar-refractivity contribution >= 4 is 23.3 Å². The molecule has 6 heteroatoms. The van der Waals surface area contributed by atoms with E-state index in [1.165, 1.54) is 6.26 Å². The van der Waals surface area contributed by atoms with Gasteiger partial charge in [-0.2, -0.15) is 0 Å². The molecule has 4 aromatic rings. The Morgan fingerprint density at radius 2 is 1.55 bits per heavy atom. The predicted molar refractivity (Wildman–Crippen MR) is 127 cm³/mol. The van der Waals surface area contributed by atoms with Gasteiger partial charge in [0, 0.05) is 17.9 Å². The molecule has 1 aliphatic rings. The largest absolute Gasteiger partial charge is 0.459 e. The van der Waals surface area contributed by atoms with Gasteiger partial charge in [0.1, 0.15) is 0 Å². The lowest BCUT2D eigenvalue weighted by molar-refractivity contribution is 0.0963. The highest BCUT2D eigenvalue weighted by atomic mass is 16.3.